The lowest BCUT2D eigenvalue weighted by molar-refractivity contribution is -0.127. The van der Waals surface area contributed by atoms with Gasteiger partial charge in [-0.1, -0.05) is 6.07 Å². The Balaban J connectivity index is 0.00000676. The number of hydrogen-bond donors (Lipinski definition) is 2. The number of halogens is 1. The molecule has 1 aromatic rings. The molecule has 0 bridgehead atoms. The lowest BCUT2D eigenvalue weighted by Crippen LogP contribution is -2.49. The molecule has 154 valence electrons. The minimum Gasteiger partial charge on any atom is -0.356 e. The smallest absolute Gasteiger partial charge is 0.243 e. The molecule has 0 aliphatic rings. The molecule has 0 saturated carbocycles. The number of nitrogens with zero attached hydrogens (tertiary/aromatic N) is 3. The van der Waals surface area contributed by atoms with Crippen molar-refractivity contribution in [1.82, 2.24) is 20.4 Å². The molecule has 0 aliphatic carbocycles. The number of rotatable bonds is 7. The summed E-state index contributed by atoms with van der Waals surface area (Å²) in [6, 6.07) is 4.10. The number of amides is 2. The number of guanidine groups is 1. The fourth-order valence-corrected chi connectivity index (χ4v) is 2.80. The van der Waals surface area contributed by atoms with Crippen molar-refractivity contribution in [2.75, 3.05) is 40.8 Å². The van der Waals surface area contributed by atoms with Crippen LogP contribution in [0.4, 0.5) is 0 Å². The first-order chi connectivity index (χ1) is 12.1. The normalized spacial score (nSPS) is 11.4. The van der Waals surface area contributed by atoms with E-state index in [1.54, 1.807) is 37.4 Å². The van der Waals surface area contributed by atoms with E-state index in [0.717, 1.165) is 6.42 Å². The number of carbonyl (C=O) groups is 2. The first kappa shape index (κ1) is 25.6. The summed E-state index contributed by atoms with van der Waals surface area (Å²) in [6.45, 7) is 6.71. The second-order valence-electron chi connectivity index (χ2n) is 7.34. The van der Waals surface area contributed by atoms with E-state index in [1.807, 2.05) is 32.2 Å². The maximum Gasteiger partial charge on any atom is 0.243 e. The van der Waals surface area contributed by atoms with E-state index in [9.17, 15) is 9.59 Å². The average Bonchev–Trinajstić information content (AvgIpc) is 3.01. The number of carbonyl (C=O) groups excluding carboxylic acids is 2. The van der Waals surface area contributed by atoms with Crippen LogP contribution < -0.4 is 10.6 Å². The average molecular weight is 509 g/mol. The van der Waals surface area contributed by atoms with E-state index in [-0.39, 0.29) is 54.4 Å². The van der Waals surface area contributed by atoms with Crippen molar-refractivity contribution in [3.63, 3.8) is 0 Å². The van der Waals surface area contributed by atoms with Gasteiger partial charge >= 0.3 is 0 Å². The molecule has 7 nitrogen and oxygen atoms in total. The van der Waals surface area contributed by atoms with E-state index < -0.39 is 0 Å². The maximum absolute atomic E-state index is 12.2. The number of likely N-dealkylation sites (N-methyl/N-ethyl adjacent to an activating group) is 2. The third kappa shape index (κ3) is 11.2. The molecule has 0 aliphatic heterocycles. The highest BCUT2D eigenvalue weighted by atomic mass is 127. The van der Waals surface area contributed by atoms with Crippen LogP contribution in [-0.4, -0.2) is 73.9 Å². The lowest BCUT2D eigenvalue weighted by Gasteiger charge is -2.25. The zero-order valence-corrected chi connectivity index (χ0v) is 20.2. The fourth-order valence-electron chi connectivity index (χ4n) is 2.10. The van der Waals surface area contributed by atoms with E-state index >= 15 is 0 Å². The van der Waals surface area contributed by atoms with Crippen molar-refractivity contribution in [1.29, 1.82) is 0 Å². The van der Waals surface area contributed by atoms with Gasteiger partial charge in [0.1, 0.15) is 6.54 Å². The molecule has 9 heteroatoms. The second kappa shape index (κ2) is 12.2. The van der Waals surface area contributed by atoms with Gasteiger partial charge in [0.15, 0.2) is 5.96 Å². The summed E-state index contributed by atoms with van der Waals surface area (Å²) >= 11 is 1.70. The highest BCUT2D eigenvalue weighted by molar-refractivity contribution is 14.0. The zero-order chi connectivity index (χ0) is 19.7. The van der Waals surface area contributed by atoms with Crippen LogP contribution in [0.3, 0.4) is 0 Å². The second-order valence-corrected chi connectivity index (χ2v) is 8.37. The molecular formula is C18H32IN5O2S. The van der Waals surface area contributed by atoms with Gasteiger partial charge in [-0.15, -0.1) is 35.3 Å². The lowest BCUT2D eigenvalue weighted by atomic mass is 10.1. The van der Waals surface area contributed by atoms with Crippen molar-refractivity contribution in [3.8, 4) is 0 Å². The molecule has 0 atom stereocenters. The molecule has 0 unspecified atom stereocenters. The minimum atomic E-state index is -0.289. The molecule has 0 radical (unpaired) electrons. The monoisotopic (exact) mass is 509 g/mol. The number of hydrogen-bond acceptors (Lipinski definition) is 4. The molecule has 27 heavy (non-hydrogen) atoms. The van der Waals surface area contributed by atoms with Crippen LogP contribution in [0.25, 0.3) is 0 Å². The number of nitrogens with one attached hydrogen (secondary N) is 2. The van der Waals surface area contributed by atoms with E-state index in [1.165, 1.54) is 9.78 Å². The van der Waals surface area contributed by atoms with E-state index in [2.05, 4.69) is 21.7 Å². The minimum absolute atomic E-state index is 0. The van der Waals surface area contributed by atoms with Gasteiger partial charge in [0.25, 0.3) is 0 Å². The van der Waals surface area contributed by atoms with Crippen LogP contribution in [-0.2, 0) is 16.0 Å². The van der Waals surface area contributed by atoms with Crippen LogP contribution in [0, 0.1) is 0 Å². The summed E-state index contributed by atoms with van der Waals surface area (Å²) in [5, 5.41) is 8.23. The topological polar surface area (TPSA) is 77.0 Å². The van der Waals surface area contributed by atoms with Crippen molar-refractivity contribution in [3.05, 3.63) is 22.4 Å². The zero-order valence-electron chi connectivity index (χ0n) is 17.0. The van der Waals surface area contributed by atoms with Crippen molar-refractivity contribution in [2.24, 2.45) is 4.99 Å². The molecule has 1 rings (SSSR count). The van der Waals surface area contributed by atoms with Crippen LogP contribution in [0.5, 0.6) is 0 Å². The predicted molar refractivity (Wildman–Crippen MR) is 123 cm³/mol. The molecule has 2 N–H and O–H groups in total. The van der Waals surface area contributed by atoms with Gasteiger partial charge in [-0.05, 0) is 38.6 Å². The summed E-state index contributed by atoms with van der Waals surface area (Å²) in [5.74, 6) is 0.364. The van der Waals surface area contributed by atoms with Crippen LogP contribution in [0.15, 0.2) is 22.5 Å². The summed E-state index contributed by atoms with van der Waals surface area (Å²) < 4.78 is 0. The molecule has 2 amide bonds. The summed E-state index contributed by atoms with van der Waals surface area (Å²) in [4.78, 5) is 32.9. The maximum atomic E-state index is 12.2. The third-order valence-electron chi connectivity index (χ3n) is 3.35. The molecule has 0 aromatic carbocycles. The van der Waals surface area contributed by atoms with Gasteiger partial charge < -0.3 is 20.4 Å². The van der Waals surface area contributed by atoms with E-state index in [0.29, 0.717) is 12.5 Å². The first-order valence-corrected chi connectivity index (χ1v) is 9.49. The quantitative estimate of drug-likeness (QED) is 0.334. The standard InChI is InChI=1S/C18H31N5O2S.HI/c1-18(2,3)21-15(24)13-23(6)17(20-12-16(25)22(4)5)19-10-9-14-8-7-11-26-14;/h7-8,11H,9-10,12-13H2,1-6H3,(H,19,20)(H,21,24);1H. The molecule has 1 aromatic heterocycles. The third-order valence-corrected chi connectivity index (χ3v) is 4.29. The molecule has 1 heterocycles. The first-order valence-electron chi connectivity index (χ1n) is 8.61. The molecule has 0 spiro atoms. The Bertz CT molecular complexity index is 612. The molecule has 0 fully saturated rings. The van der Waals surface area contributed by atoms with Gasteiger partial charge in [-0.3, -0.25) is 9.59 Å². The Morgan fingerprint density at radius 1 is 1.22 bits per heavy atom. The van der Waals surface area contributed by atoms with Gasteiger partial charge in [0.2, 0.25) is 11.8 Å². The van der Waals surface area contributed by atoms with Gasteiger partial charge in [0, 0.05) is 38.1 Å². The van der Waals surface area contributed by atoms with Gasteiger partial charge in [-0.2, -0.15) is 0 Å². The SMILES string of the molecule is CN(C)C(=O)CN=C(NCCc1cccs1)N(C)CC(=O)NC(C)(C)C.I. The van der Waals surface area contributed by atoms with Gasteiger partial charge in [-0.25, -0.2) is 4.99 Å². The van der Waals surface area contributed by atoms with Crippen molar-refractivity contribution >= 4 is 53.1 Å². The Morgan fingerprint density at radius 2 is 1.89 bits per heavy atom. The molecular weight excluding hydrogens is 477 g/mol. The number of aliphatic imine (C=N–C) groups is 1. The Hall–Kier alpha value is -1.36. The van der Waals surface area contributed by atoms with Crippen LogP contribution >= 0.6 is 35.3 Å². The van der Waals surface area contributed by atoms with Crippen molar-refractivity contribution in [2.45, 2.75) is 32.7 Å². The van der Waals surface area contributed by atoms with Gasteiger partial charge in [0.05, 0.1) is 6.54 Å². The van der Waals surface area contributed by atoms with E-state index in [4.69, 9.17) is 0 Å². The van der Waals surface area contributed by atoms with Crippen molar-refractivity contribution < 1.29 is 9.59 Å². The largest absolute Gasteiger partial charge is 0.356 e. The Labute approximate surface area is 183 Å². The highest BCUT2D eigenvalue weighted by Gasteiger charge is 2.17. The molecule has 0 saturated heterocycles. The predicted octanol–water partition coefficient (Wildman–Crippen LogP) is 1.79. The van der Waals surface area contributed by atoms with Crippen LogP contribution in [0.2, 0.25) is 0 Å². The Kier molecular flexibility index (Phi) is 11.6. The highest BCUT2D eigenvalue weighted by Crippen LogP contribution is 2.08. The summed E-state index contributed by atoms with van der Waals surface area (Å²) in [6.07, 6.45) is 0.861. The summed E-state index contributed by atoms with van der Waals surface area (Å²) in [7, 11) is 5.18. The van der Waals surface area contributed by atoms with Crippen LogP contribution in [0.1, 0.15) is 25.6 Å². The fraction of sp³-hybridized carbons (Fsp3) is 0.611. The summed E-state index contributed by atoms with van der Waals surface area (Å²) in [5.41, 5.74) is -0.289. The number of thiophene rings is 1. The Morgan fingerprint density at radius 3 is 2.41 bits per heavy atom.